The molecule has 6 heteroatoms. The molecule has 0 aliphatic rings. The first kappa shape index (κ1) is 21.4. The molecule has 1 amide bonds. The monoisotopic (exact) mass is 409 g/mol. The third-order valence-electron chi connectivity index (χ3n) is 5.00. The van der Waals surface area contributed by atoms with Gasteiger partial charge in [0.1, 0.15) is 11.3 Å². The lowest BCUT2D eigenvalue weighted by Gasteiger charge is -2.15. The molecule has 1 aromatic heterocycles. The van der Waals surface area contributed by atoms with Gasteiger partial charge in [-0.15, -0.1) is 0 Å². The van der Waals surface area contributed by atoms with Crippen LogP contribution in [-0.2, 0) is 4.79 Å². The number of ether oxygens (including phenoxy) is 2. The van der Waals surface area contributed by atoms with Crippen LogP contribution in [0.15, 0.2) is 45.6 Å². The first-order valence-electron chi connectivity index (χ1n) is 9.98. The fourth-order valence-corrected chi connectivity index (χ4v) is 3.25. The summed E-state index contributed by atoms with van der Waals surface area (Å²) in [5.41, 5.74) is 2.67. The van der Waals surface area contributed by atoms with Crippen LogP contribution in [-0.4, -0.2) is 25.7 Å². The average molecular weight is 409 g/mol. The summed E-state index contributed by atoms with van der Waals surface area (Å²) < 4.78 is 17.1. The summed E-state index contributed by atoms with van der Waals surface area (Å²) in [5, 5.41) is 3.27. The third-order valence-corrected chi connectivity index (χ3v) is 5.00. The van der Waals surface area contributed by atoms with Crippen LogP contribution >= 0.6 is 0 Å². The van der Waals surface area contributed by atoms with Crippen molar-refractivity contribution in [1.82, 2.24) is 5.32 Å². The van der Waals surface area contributed by atoms with Gasteiger partial charge in [-0.2, -0.15) is 0 Å². The number of rotatable bonds is 7. The maximum Gasteiger partial charge on any atom is 0.258 e. The average Bonchev–Trinajstić information content (AvgIpc) is 2.73. The number of carbonyl (C=O) groups excluding carboxylic acids is 1. The van der Waals surface area contributed by atoms with E-state index in [9.17, 15) is 9.59 Å². The van der Waals surface area contributed by atoms with Crippen LogP contribution < -0.4 is 20.2 Å². The van der Waals surface area contributed by atoms with Crippen molar-refractivity contribution in [2.75, 3.05) is 13.7 Å². The van der Waals surface area contributed by atoms with E-state index in [0.717, 1.165) is 17.5 Å². The first-order valence-corrected chi connectivity index (χ1v) is 9.98. The van der Waals surface area contributed by atoms with Crippen LogP contribution in [0, 0.1) is 13.8 Å². The van der Waals surface area contributed by atoms with E-state index in [1.165, 1.54) is 0 Å². The molecule has 0 fully saturated rings. The van der Waals surface area contributed by atoms with Crippen LogP contribution in [0.2, 0.25) is 0 Å². The topological polar surface area (TPSA) is 77.8 Å². The molecule has 3 rings (SSSR count). The zero-order valence-electron chi connectivity index (χ0n) is 18.0. The molecule has 158 valence electrons. The summed E-state index contributed by atoms with van der Waals surface area (Å²) in [4.78, 5) is 25.5. The summed E-state index contributed by atoms with van der Waals surface area (Å²) in [7, 11) is 1.58. The lowest BCUT2D eigenvalue weighted by Crippen LogP contribution is -2.36. The Morgan fingerprint density at radius 1 is 1.17 bits per heavy atom. The normalized spacial score (nSPS) is 11.9. The summed E-state index contributed by atoms with van der Waals surface area (Å²) in [6, 6.07) is 10.9. The van der Waals surface area contributed by atoms with Crippen molar-refractivity contribution in [2.24, 2.45) is 0 Å². The number of fused-ring (bicyclic) bond motifs is 1. The van der Waals surface area contributed by atoms with Crippen molar-refractivity contribution >= 4 is 16.9 Å². The summed E-state index contributed by atoms with van der Waals surface area (Å²) >= 11 is 0. The van der Waals surface area contributed by atoms with Crippen LogP contribution in [0.1, 0.15) is 31.4 Å². The number of methoxy groups -OCH3 is 1. The number of hydrogen-bond donors (Lipinski definition) is 1. The zero-order valence-corrected chi connectivity index (χ0v) is 18.0. The molecular formula is C24H27NO5. The smallest absolute Gasteiger partial charge is 0.258 e. The van der Waals surface area contributed by atoms with Crippen molar-refractivity contribution in [3.63, 3.8) is 0 Å². The number of amides is 1. The minimum Gasteiger partial charge on any atom is -0.497 e. The van der Waals surface area contributed by atoms with E-state index < -0.39 is 0 Å². The van der Waals surface area contributed by atoms with Gasteiger partial charge in [-0.3, -0.25) is 9.59 Å². The first-order chi connectivity index (χ1) is 14.3. The summed E-state index contributed by atoms with van der Waals surface area (Å²) in [6.07, 6.45) is 0.805. The van der Waals surface area contributed by atoms with Crippen molar-refractivity contribution in [1.29, 1.82) is 0 Å². The van der Waals surface area contributed by atoms with E-state index in [-0.39, 0.29) is 29.7 Å². The minimum absolute atomic E-state index is 0.0250. The Balaban J connectivity index is 2.10. The second-order valence-electron chi connectivity index (χ2n) is 7.44. The highest BCUT2D eigenvalue weighted by Gasteiger charge is 2.20. The van der Waals surface area contributed by atoms with Gasteiger partial charge in [-0.1, -0.05) is 13.0 Å². The predicted molar refractivity (Wildman–Crippen MR) is 117 cm³/mol. The van der Waals surface area contributed by atoms with Crippen LogP contribution in [0.4, 0.5) is 0 Å². The van der Waals surface area contributed by atoms with Crippen molar-refractivity contribution in [2.45, 2.75) is 40.2 Å². The number of aryl methyl sites for hydroxylation is 2. The predicted octanol–water partition coefficient (Wildman–Crippen LogP) is 4.38. The maximum absolute atomic E-state index is 13.3. The fraction of sp³-hybridized carbons (Fsp3) is 0.333. The number of carbonyl (C=O) groups is 1. The molecule has 0 saturated heterocycles. The van der Waals surface area contributed by atoms with Crippen LogP contribution in [0.5, 0.6) is 11.5 Å². The Labute approximate surface area is 175 Å². The Kier molecular flexibility index (Phi) is 6.45. The molecule has 1 N–H and O–H groups in total. The Hall–Kier alpha value is -3.28. The van der Waals surface area contributed by atoms with Crippen LogP contribution in [0.3, 0.4) is 0 Å². The van der Waals surface area contributed by atoms with Gasteiger partial charge in [0.25, 0.3) is 5.91 Å². The highest BCUT2D eigenvalue weighted by molar-refractivity contribution is 5.85. The second-order valence-corrected chi connectivity index (χ2v) is 7.44. The van der Waals surface area contributed by atoms with Crippen LogP contribution in [0.25, 0.3) is 22.3 Å². The number of hydrogen-bond acceptors (Lipinski definition) is 5. The molecule has 30 heavy (non-hydrogen) atoms. The molecule has 2 aromatic carbocycles. The van der Waals surface area contributed by atoms with Gasteiger partial charge >= 0.3 is 0 Å². The second kappa shape index (κ2) is 9.03. The SMILES string of the molecule is CC[C@@H](C)NC(=O)COc1c(-c2ccc(OC)cc2)oc2c(C)cc(C)cc2c1=O. The molecular weight excluding hydrogens is 382 g/mol. The van der Waals surface area contributed by atoms with E-state index in [4.69, 9.17) is 13.9 Å². The van der Waals surface area contributed by atoms with E-state index in [1.54, 1.807) is 37.4 Å². The zero-order chi connectivity index (χ0) is 21.8. The van der Waals surface area contributed by atoms with Gasteiger partial charge in [0.05, 0.1) is 12.5 Å². The molecule has 0 radical (unpaired) electrons. The molecule has 0 aliphatic heterocycles. The summed E-state index contributed by atoms with van der Waals surface area (Å²) in [5.74, 6) is 0.712. The highest BCUT2D eigenvalue weighted by atomic mass is 16.5. The Morgan fingerprint density at radius 2 is 1.87 bits per heavy atom. The lowest BCUT2D eigenvalue weighted by atomic mass is 10.1. The number of nitrogens with one attached hydrogen (secondary N) is 1. The van der Waals surface area contributed by atoms with Gasteiger partial charge in [-0.05, 0) is 68.7 Å². The van der Waals surface area contributed by atoms with Gasteiger partial charge in [0, 0.05) is 11.6 Å². The standard InChI is InChI=1S/C24H27NO5/c1-6-16(4)25-20(26)13-29-24-21(27)19-12-14(2)11-15(3)22(19)30-23(24)17-7-9-18(28-5)10-8-17/h7-12,16H,6,13H2,1-5H3,(H,25,26)/t16-/m1/s1. The van der Waals surface area contributed by atoms with E-state index in [0.29, 0.717) is 28.0 Å². The molecule has 6 nitrogen and oxygen atoms in total. The molecule has 1 atom stereocenters. The molecule has 0 unspecified atom stereocenters. The molecule has 1 heterocycles. The van der Waals surface area contributed by atoms with E-state index in [1.807, 2.05) is 33.8 Å². The van der Waals surface area contributed by atoms with Crippen molar-refractivity contribution in [3.8, 4) is 22.8 Å². The van der Waals surface area contributed by atoms with Crippen molar-refractivity contribution in [3.05, 3.63) is 57.7 Å². The lowest BCUT2D eigenvalue weighted by molar-refractivity contribution is -0.123. The Morgan fingerprint density at radius 3 is 2.50 bits per heavy atom. The largest absolute Gasteiger partial charge is 0.497 e. The highest BCUT2D eigenvalue weighted by Crippen LogP contribution is 2.33. The molecule has 0 spiro atoms. The number of benzene rings is 2. The minimum atomic E-state index is -0.301. The quantitative estimate of drug-likeness (QED) is 0.627. The molecule has 0 aliphatic carbocycles. The van der Waals surface area contributed by atoms with E-state index >= 15 is 0 Å². The van der Waals surface area contributed by atoms with Crippen molar-refractivity contribution < 1.29 is 18.7 Å². The fourth-order valence-electron chi connectivity index (χ4n) is 3.25. The Bertz CT molecular complexity index is 1120. The van der Waals surface area contributed by atoms with Gasteiger partial charge in [0.15, 0.2) is 12.4 Å². The molecule has 0 bridgehead atoms. The third kappa shape index (κ3) is 4.48. The van der Waals surface area contributed by atoms with Gasteiger partial charge in [0.2, 0.25) is 11.2 Å². The summed E-state index contributed by atoms with van der Waals surface area (Å²) in [6.45, 7) is 7.45. The maximum atomic E-state index is 13.3. The van der Waals surface area contributed by atoms with Gasteiger partial charge < -0.3 is 19.2 Å². The molecule has 0 saturated carbocycles. The van der Waals surface area contributed by atoms with E-state index in [2.05, 4.69) is 5.32 Å². The van der Waals surface area contributed by atoms with Gasteiger partial charge in [-0.25, -0.2) is 0 Å². The molecule has 3 aromatic rings.